The van der Waals surface area contributed by atoms with Gasteiger partial charge in [0, 0.05) is 23.1 Å². The maximum absolute atomic E-state index is 11.6. The summed E-state index contributed by atoms with van der Waals surface area (Å²) in [5, 5.41) is 9.41. The maximum atomic E-state index is 11.6. The van der Waals surface area contributed by atoms with Crippen molar-refractivity contribution >= 4 is 17.7 Å². The van der Waals surface area contributed by atoms with Gasteiger partial charge >= 0.3 is 5.97 Å². The third kappa shape index (κ3) is 3.98. The molecular weight excluding hydrogens is 292 g/mol. The lowest BCUT2D eigenvalue weighted by Crippen LogP contribution is -2.09. The van der Waals surface area contributed by atoms with Crippen LogP contribution >= 0.6 is 11.8 Å². The number of nitrogens with one attached hydrogen (secondary N) is 1. The highest BCUT2D eigenvalue weighted by Crippen LogP contribution is 2.23. The standard InChI is InChI=1S/C14H16N2O4S/c1-3-4-10-6-12(17)16-14(15-10)21-7-9-5-11(13(18)19)20-8(9)2/h5-6H,3-4,7H2,1-2H3,(H,18,19)(H,15,16,17). The van der Waals surface area contributed by atoms with Crippen LogP contribution in [0, 0.1) is 6.92 Å². The van der Waals surface area contributed by atoms with Crippen molar-refractivity contribution in [1.29, 1.82) is 0 Å². The smallest absolute Gasteiger partial charge is 0.371 e. The Morgan fingerprint density at radius 1 is 1.48 bits per heavy atom. The molecule has 0 aromatic carbocycles. The molecule has 0 aliphatic heterocycles. The second-order valence-corrected chi connectivity index (χ2v) is 5.54. The number of carboxylic acids is 1. The number of aryl methyl sites for hydroxylation is 2. The Bertz CT molecular complexity index is 705. The number of rotatable bonds is 6. The first-order chi connectivity index (χ1) is 9.99. The van der Waals surface area contributed by atoms with Crippen molar-refractivity contribution in [1.82, 2.24) is 9.97 Å². The van der Waals surface area contributed by atoms with Crippen LogP contribution in [0.25, 0.3) is 0 Å². The fraction of sp³-hybridized carbons (Fsp3) is 0.357. The molecule has 0 unspecified atom stereocenters. The molecule has 21 heavy (non-hydrogen) atoms. The molecule has 0 atom stereocenters. The number of H-pyrrole nitrogens is 1. The number of carbonyl (C=O) groups is 1. The minimum absolute atomic E-state index is 0.0794. The molecule has 6 nitrogen and oxygen atoms in total. The van der Waals surface area contributed by atoms with Gasteiger partial charge in [-0.2, -0.15) is 0 Å². The minimum Gasteiger partial charge on any atom is -0.475 e. The monoisotopic (exact) mass is 308 g/mol. The van der Waals surface area contributed by atoms with E-state index in [4.69, 9.17) is 9.52 Å². The second-order valence-electron chi connectivity index (χ2n) is 4.58. The van der Waals surface area contributed by atoms with Crippen LogP contribution in [0.4, 0.5) is 0 Å². The van der Waals surface area contributed by atoms with Gasteiger partial charge < -0.3 is 14.5 Å². The van der Waals surface area contributed by atoms with Crippen LogP contribution in [0.1, 0.15) is 40.9 Å². The zero-order chi connectivity index (χ0) is 15.4. The Morgan fingerprint density at radius 2 is 2.24 bits per heavy atom. The molecule has 7 heteroatoms. The van der Waals surface area contributed by atoms with E-state index in [-0.39, 0.29) is 11.3 Å². The first-order valence-electron chi connectivity index (χ1n) is 6.55. The van der Waals surface area contributed by atoms with E-state index >= 15 is 0 Å². The molecule has 0 aliphatic carbocycles. The average molecular weight is 308 g/mol. The zero-order valence-electron chi connectivity index (χ0n) is 11.8. The molecule has 0 amide bonds. The van der Waals surface area contributed by atoms with Gasteiger partial charge in [-0.05, 0) is 19.4 Å². The van der Waals surface area contributed by atoms with E-state index in [0.717, 1.165) is 24.1 Å². The molecule has 0 spiro atoms. The van der Waals surface area contributed by atoms with Crippen molar-refractivity contribution < 1.29 is 14.3 Å². The Balaban J connectivity index is 2.12. The summed E-state index contributed by atoms with van der Waals surface area (Å²) in [6, 6.07) is 3.00. The van der Waals surface area contributed by atoms with Gasteiger partial charge in [-0.15, -0.1) is 0 Å². The van der Waals surface area contributed by atoms with Gasteiger partial charge in [0.25, 0.3) is 5.56 Å². The van der Waals surface area contributed by atoms with Crippen molar-refractivity contribution in [3.05, 3.63) is 45.3 Å². The minimum atomic E-state index is -1.09. The summed E-state index contributed by atoms with van der Waals surface area (Å²) in [6.45, 7) is 3.74. The van der Waals surface area contributed by atoms with E-state index in [1.54, 1.807) is 6.92 Å². The third-order valence-corrected chi connectivity index (χ3v) is 3.80. The fourth-order valence-corrected chi connectivity index (χ4v) is 2.78. The van der Waals surface area contributed by atoms with E-state index in [1.165, 1.54) is 23.9 Å². The first-order valence-corrected chi connectivity index (χ1v) is 7.53. The summed E-state index contributed by atoms with van der Waals surface area (Å²) in [6.07, 6.45) is 1.68. The topological polar surface area (TPSA) is 96.2 Å². The maximum Gasteiger partial charge on any atom is 0.371 e. The number of hydrogen-bond acceptors (Lipinski definition) is 5. The predicted octanol–water partition coefficient (Wildman–Crippen LogP) is 2.61. The van der Waals surface area contributed by atoms with Crippen molar-refractivity contribution in [2.75, 3.05) is 0 Å². The van der Waals surface area contributed by atoms with E-state index in [0.29, 0.717) is 16.7 Å². The lowest BCUT2D eigenvalue weighted by Gasteiger charge is -2.02. The van der Waals surface area contributed by atoms with Crippen LogP contribution in [-0.4, -0.2) is 21.0 Å². The summed E-state index contributed by atoms with van der Waals surface area (Å²) in [5.74, 6) is -0.122. The quantitative estimate of drug-likeness (QED) is 0.629. The molecule has 0 aliphatic rings. The molecule has 0 bridgehead atoms. The van der Waals surface area contributed by atoms with Crippen LogP contribution < -0.4 is 5.56 Å². The number of hydrogen-bond donors (Lipinski definition) is 2. The summed E-state index contributed by atoms with van der Waals surface area (Å²) >= 11 is 1.35. The fourth-order valence-electron chi connectivity index (χ4n) is 1.85. The Labute approximate surface area is 125 Å². The molecule has 2 aromatic heterocycles. The SMILES string of the molecule is CCCc1cc(=O)[nH]c(SCc2cc(C(=O)O)oc2C)n1. The number of aromatic carboxylic acids is 1. The van der Waals surface area contributed by atoms with Gasteiger partial charge in [0.1, 0.15) is 5.76 Å². The van der Waals surface area contributed by atoms with Gasteiger partial charge in [0.05, 0.1) is 0 Å². The van der Waals surface area contributed by atoms with Crippen molar-refractivity contribution in [2.24, 2.45) is 0 Å². The summed E-state index contributed by atoms with van der Waals surface area (Å²) < 4.78 is 5.15. The number of thioether (sulfide) groups is 1. The number of aromatic nitrogens is 2. The van der Waals surface area contributed by atoms with Gasteiger partial charge in [-0.1, -0.05) is 25.1 Å². The van der Waals surface area contributed by atoms with Gasteiger partial charge in [0.2, 0.25) is 5.76 Å². The van der Waals surface area contributed by atoms with Crippen LogP contribution in [0.2, 0.25) is 0 Å². The lowest BCUT2D eigenvalue weighted by atomic mass is 10.2. The molecule has 112 valence electrons. The van der Waals surface area contributed by atoms with Crippen molar-refractivity contribution in [3.63, 3.8) is 0 Å². The molecule has 0 radical (unpaired) electrons. The summed E-state index contributed by atoms with van der Waals surface area (Å²) in [5.41, 5.74) is 1.37. The highest BCUT2D eigenvalue weighted by atomic mass is 32.2. The first kappa shape index (κ1) is 15.4. The zero-order valence-corrected chi connectivity index (χ0v) is 12.6. The van der Waals surface area contributed by atoms with Gasteiger partial charge in [-0.3, -0.25) is 4.79 Å². The number of nitrogens with zero attached hydrogens (tertiary/aromatic N) is 1. The molecule has 2 N–H and O–H groups in total. The van der Waals surface area contributed by atoms with E-state index in [2.05, 4.69) is 9.97 Å². The number of aromatic amines is 1. The van der Waals surface area contributed by atoms with E-state index in [1.807, 2.05) is 6.92 Å². The largest absolute Gasteiger partial charge is 0.475 e. The van der Waals surface area contributed by atoms with Gasteiger partial charge in [0.15, 0.2) is 5.16 Å². The second kappa shape index (κ2) is 6.62. The average Bonchev–Trinajstić information content (AvgIpc) is 2.78. The van der Waals surface area contributed by atoms with Crippen LogP contribution in [0.3, 0.4) is 0 Å². The molecule has 0 saturated heterocycles. The lowest BCUT2D eigenvalue weighted by molar-refractivity contribution is 0.0661. The highest BCUT2D eigenvalue weighted by molar-refractivity contribution is 7.98. The number of carboxylic acid groups (broad SMARTS) is 1. The van der Waals surface area contributed by atoms with E-state index < -0.39 is 5.97 Å². The molecule has 2 rings (SSSR count). The normalized spacial score (nSPS) is 10.8. The van der Waals surface area contributed by atoms with E-state index in [9.17, 15) is 9.59 Å². The van der Waals surface area contributed by atoms with Crippen molar-refractivity contribution in [3.8, 4) is 0 Å². The van der Waals surface area contributed by atoms with Crippen LogP contribution in [0.15, 0.2) is 26.5 Å². The Hall–Kier alpha value is -2.02. The Kier molecular flexibility index (Phi) is 4.85. The molecular formula is C14H16N2O4S. The van der Waals surface area contributed by atoms with Crippen LogP contribution in [-0.2, 0) is 12.2 Å². The summed E-state index contributed by atoms with van der Waals surface area (Å²) in [7, 11) is 0. The molecule has 0 fully saturated rings. The van der Waals surface area contributed by atoms with Crippen LogP contribution in [0.5, 0.6) is 0 Å². The predicted molar refractivity (Wildman–Crippen MR) is 78.8 cm³/mol. The molecule has 2 heterocycles. The highest BCUT2D eigenvalue weighted by Gasteiger charge is 2.13. The third-order valence-electron chi connectivity index (χ3n) is 2.87. The van der Waals surface area contributed by atoms with Gasteiger partial charge in [-0.25, -0.2) is 9.78 Å². The Morgan fingerprint density at radius 3 is 2.86 bits per heavy atom. The van der Waals surface area contributed by atoms with Crippen molar-refractivity contribution in [2.45, 2.75) is 37.6 Å². The number of furan rings is 1. The summed E-state index contributed by atoms with van der Waals surface area (Å²) in [4.78, 5) is 29.4. The molecule has 2 aromatic rings. The molecule has 0 saturated carbocycles.